The Morgan fingerprint density at radius 1 is 1.31 bits per heavy atom. The van der Waals surface area contributed by atoms with Gasteiger partial charge in [-0.25, -0.2) is 9.78 Å². The van der Waals surface area contributed by atoms with Crippen LogP contribution in [0.5, 0.6) is 0 Å². The minimum absolute atomic E-state index is 0.0299. The molecule has 0 aromatic carbocycles. The third-order valence-electron chi connectivity index (χ3n) is 3.58. The fourth-order valence-corrected chi connectivity index (χ4v) is 3.14. The van der Waals surface area contributed by atoms with Gasteiger partial charge in [-0.15, -0.1) is 11.3 Å². The first-order valence-corrected chi connectivity index (χ1v) is 9.83. The van der Waals surface area contributed by atoms with Crippen LogP contribution < -0.4 is 16.0 Å². The van der Waals surface area contributed by atoms with E-state index >= 15 is 0 Å². The molecule has 0 aliphatic carbocycles. The van der Waals surface area contributed by atoms with Gasteiger partial charge in [-0.3, -0.25) is 4.99 Å². The van der Waals surface area contributed by atoms with Crippen molar-refractivity contribution in [2.75, 3.05) is 13.6 Å². The molecule has 1 rings (SSSR count). The molecule has 1 aromatic rings. The molecule has 0 aliphatic rings. The molecule has 1 amide bonds. The van der Waals surface area contributed by atoms with E-state index < -0.39 is 11.7 Å². The molecular formula is C18H33N5O2S. The number of nitrogens with one attached hydrogen (secondary N) is 3. The van der Waals surface area contributed by atoms with Crippen LogP contribution in [0.3, 0.4) is 0 Å². The molecule has 0 aliphatic heterocycles. The number of aryl methyl sites for hydroxylation is 2. The van der Waals surface area contributed by atoms with Gasteiger partial charge in [-0.05, 0) is 41.0 Å². The van der Waals surface area contributed by atoms with Gasteiger partial charge in [0.15, 0.2) is 5.96 Å². The maximum atomic E-state index is 12.0. The Hall–Kier alpha value is -1.83. The van der Waals surface area contributed by atoms with Gasteiger partial charge in [0, 0.05) is 24.5 Å². The largest absolute Gasteiger partial charge is 0.444 e. The number of thiazole rings is 1. The van der Waals surface area contributed by atoms with Crippen LogP contribution in [-0.2, 0) is 11.3 Å². The van der Waals surface area contributed by atoms with Crippen molar-refractivity contribution in [3.63, 3.8) is 0 Å². The van der Waals surface area contributed by atoms with Gasteiger partial charge in [0.2, 0.25) is 0 Å². The summed E-state index contributed by atoms with van der Waals surface area (Å²) in [4.78, 5) is 22.0. The van der Waals surface area contributed by atoms with Crippen LogP contribution in [-0.4, -0.2) is 42.3 Å². The van der Waals surface area contributed by atoms with E-state index in [1.807, 2.05) is 27.7 Å². The zero-order valence-electron chi connectivity index (χ0n) is 17.0. The number of carbonyl (C=O) groups is 1. The molecule has 0 spiro atoms. The SMILES string of the molecule is CCCC(CNC(=NC)NCc1nc(C)c(C)s1)NC(=O)OC(C)(C)C. The van der Waals surface area contributed by atoms with E-state index in [2.05, 4.69) is 39.8 Å². The quantitative estimate of drug-likeness (QED) is 0.497. The second-order valence-electron chi connectivity index (χ2n) is 7.19. The minimum atomic E-state index is -0.504. The molecule has 148 valence electrons. The van der Waals surface area contributed by atoms with E-state index in [1.165, 1.54) is 4.88 Å². The number of ether oxygens (including phenoxy) is 1. The molecule has 1 aromatic heterocycles. The number of hydrogen-bond donors (Lipinski definition) is 3. The number of amides is 1. The third-order valence-corrected chi connectivity index (χ3v) is 4.65. The topological polar surface area (TPSA) is 87.6 Å². The van der Waals surface area contributed by atoms with Crippen LogP contribution in [0.1, 0.15) is 56.1 Å². The zero-order chi connectivity index (χ0) is 19.7. The van der Waals surface area contributed by atoms with E-state index in [0.717, 1.165) is 23.5 Å². The number of aliphatic imine (C=N–C) groups is 1. The van der Waals surface area contributed by atoms with Gasteiger partial charge in [0.1, 0.15) is 10.6 Å². The Kier molecular flexibility index (Phi) is 8.84. The van der Waals surface area contributed by atoms with Gasteiger partial charge in [0.25, 0.3) is 0 Å². The lowest BCUT2D eigenvalue weighted by atomic mass is 10.1. The lowest BCUT2D eigenvalue weighted by Gasteiger charge is -2.24. The van der Waals surface area contributed by atoms with Crippen LogP contribution in [0.4, 0.5) is 4.79 Å². The predicted octanol–water partition coefficient (Wildman–Crippen LogP) is 3.12. The van der Waals surface area contributed by atoms with Gasteiger partial charge >= 0.3 is 6.09 Å². The molecule has 1 unspecified atom stereocenters. The molecule has 0 fully saturated rings. The van der Waals surface area contributed by atoms with Crippen LogP contribution in [0.25, 0.3) is 0 Å². The molecule has 3 N–H and O–H groups in total. The van der Waals surface area contributed by atoms with Crippen LogP contribution in [0, 0.1) is 13.8 Å². The number of guanidine groups is 1. The fraction of sp³-hybridized carbons (Fsp3) is 0.722. The maximum Gasteiger partial charge on any atom is 0.407 e. The lowest BCUT2D eigenvalue weighted by Crippen LogP contribution is -2.48. The second kappa shape index (κ2) is 10.4. The highest BCUT2D eigenvalue weighted by atomic mass is 32.1. The van der Waals surface area contributed by atoms with E-state index in [9.17, 15) is 4.79 Å². The van der Waals surface area contributed by atoms with Gasteiger partial charge in [-0.1, -0.05) is 13.3 Å². The number of rotatable bonds is 7. The van der Waals surface area contributed by atoms with Crippen molar-refractivity contribution in [1.82, 2.24) is 20.9 Å². The molecule has 0 saturated carbocycles. The van der Waals surface area contributed by atoms with Crippen LogP contribution >= 0.6 is 11.3 Å². The van der Waals surface area contributed by atoms with Crippen molar-refractivity contribution in [3.05, 3.63) is 15.6 Å². The van der Waals surface area contributed by atoms with Crippen molar-refractivity contribution in [2.45, 2.75) is 72.6 Å². The number of carbonyl (C=O) groups excluding carboxylic acids is 1. The smallest absolute Gasteiger partial charge is 0.407 e. The van der Waals surface area contributed by atoms with Crippen molar-refractivity contribution in [1.29, 1.82) is 0 Å². The Bertz CT molecular complexity index is 588. The molecule has 26 heavy (non-hydrogen) atoms. The molecule has 0 radical (unpaired) electrons. The van der Waals surface area contributed by atoms with Crippen molar-refractivity contribution < 1.29 is 9.53 Å². The average Bonchev–Trinajstić information content (AvgIpc) is 2.84. The monoisotopic (exact) mass is 383 g/mol. The van der Waals surface area contributed by atoms with Crippen molar-refractivity contribution in [2.24, 2.45) is 4.99 Å². The van der Waals surface area contributed by atoms with E-state index in [4.69, 9.17) is 4.74 Å². The first-order valence-electron chi connectivity index (χ1n) is 9.01. The summed E-state index contributed by atoms with van der Waals surface area (Å²) in [7, 11) is 1.73. The maximum absolute atomic E-state index is 12.0. The van der Waals surface area contributed by atoms with Crippen molar-refractivity contribution in [3.8, 4) is 0 Å². The van der Waals surface area contributed by atoms with E-state index in [-0.39, 0.29) is 6.04 Å². The Morgan fingerprint density at radius 3 is 2.50 bits per heavy atom. The number of aromatic nitrogens is 1. The van der Waals surface area contributed by atoms with Gasteiger partial charge in [-0.2, -0.15) is 0 Å². The van der Waals surface area contributed by atoms with E-state index in [1.54, 1.807) is 18.4 Å². The van der Waals surface area contributed by atoms with E-state index in [0.29, 0.717) is 19.0 Å². The molecule has 0 bridgehead atoms. The average molecular weight is 384 g/mol. The van der Waals surface area contributed by atoms with Crippen LogP contribution in [0.15, 0.2) is 4.99 Å². The molecule has 8 heteroatoms. The summed E-state index contributed by atoms with van der Waals surface area (Å²) in [5.74, 6) is 0.683. The fourth-order valence-electron chi connectivity index (χ4n) is 2.26. The normalized spacial score (nSPS) is 13.3. The highest BCUT2D eigenvalue weighted by Gasteiger charge is 2.19. The standard InChI is InChI=1S/C18H33N5O2S/c1-8-9-14(23-17(24)25-18(4,5)6)10-20-16(19-7)21-11-15-22-12(2)13(3)26-15/h14H,8-11H2,1-7H3,(H,23,24)(H2,19,20,21). The summed E-state index contributed by atoms with van der Waals surface area (Å²) in [6.45, 7) is 12.9. The molecule has 1 atom stereocenters. The third kappa shape index (κ3) is 8.51. The first-order chi connectivity index (χ1) is 12.1. The highest BCUT2D eigenvalue weighted by Crippen LogP contribution is 2.15. The first kappa shape index (κ1) is 22.2. The lowest BCUT2D eigenvalue weighted by molar-refractivity contribution is 0.0502. The summed E-state index contributed by atoms with van der Waals surface area (Å²) in [5.41, 5.74) is 0.565. The molecule has 0 saturated heterocycles. The zero-order valence-corrected chi connectivity index (χ0v) is 17.8. The molecular weight excluding hydrogens is 350 g/mol. The Balaban J connectivity index is 2.50. The van der Waals surface area contributed by atoms with Crippen molar-refractivity contribution >= 4 is 23.4 Å². The van der Waals surface area contributed by atoms with Gasteiger partial charge < -0.3 is 20.7 Å². The van der Waals surface area contributed by atoms with Crippen LogP contribution in [0.2, 0.25) is 0 Å². The molecule has 7 nitrogen and oxygen atoms in total. The summed E-state index contributed by atoms with van der Waals surface area (Å²) < 4.78 is 5.34. The number of hydrogen-bond acceptors (Lipinski definition) is 5. The van der Waals surface area contributed by atoms with Gasteiger partial charge in [0.05, 0.1) is 12.2 Å². The summed E-state index contributed by atoms with van der Waals surface area (Å²) in [6, 6.07) is -0.0299. The highest BCUT2D eigenvalue weighted by molar-refractivity contribution is 7.11. The molecule has 1 heterocycles. The second-order valence-corrected chi connectivity index (χ2v) is 8.48. The summed E-state index contributed by atoms with van der Waals surface area (Å²) >= 11 is 1.68. The summed E-state index contributed by atoms with van der Waals surface area (Å²) in [5, 5.41) is 10.5. The Morgan fingerprint density at radius 2 is 2.00 bits per heavy atom. The Labute approximate surface area is 161 Å². The number of nitrogens with zero attached hydrogens (tertiary/aromatic N) is 2. The predicted molar refractivity (Wildman–Crippen MR) is 108 cm³/mol. The summed E-state index contributed by atoms with van der Waals surface area (Å²) in [6.07, 6.45) is 1.43. The minimum Gasteiger partial charge on any atom is -0.444 e. The number of alkyl carbamates (subject to hydrolysis) is 1.